The minimum Gasteiger partial charge on any atom is -0.380 e. The zero-order valence-corrected chi connectivity index (χ0v) is 13.2. The van der Waals surface area contributed by atoms with Crippen LogP contribution >= 0.6 is 0 Å². The van der Waals surface area contributed by atoms with Crippen LogP contribution in [0.2, 0.25) is 0 Å². The van der Waals surface area contributed by atoms with Gasteiger partial charge < -0.3 is 14.4 Å². The monoisotopic (exact) mass is 356 g/mol. The van der Waals surface area contributed by atoms with E-state index >= 15 is 0 Å². The highest BCUT2D eigenvalue weighted by atomic mass is 16.7. The molecule has 0 N–H and O–H groups in total. The molecule has 0 saturated carbocycles. The van der Waals surface area contributed by atoms with Crippen LogP contribution in [-0.2, 0) is 43.2 Å². The quantitative estimate of drug-likeness (QED) is 0.396. The van der Waals surface area contributed by atoms with Crippen molar-refractivity contribution in [3.8, 4) is 0 Å². The summed E-state index contributed by atoms with van der Waals surface area (Å²) in [7, 11) is 0. The highest BCUT2D eigenvalue weighted by molar-refractivity contribution is 6.02. The van der Waals surface area contributed by atoms with E-state index in [1.807, 2.05) is 0 Å². The number of rotatable bonds is 8. The molecular weight excluding hydrogens is 340 g/mol. The standard InChI is InChI=1S/C14H16N2O9/c17-9-1-2-10(18)15(9)24-13(21)5-7-23-8-6-14(22)25-16-11(19)3-4-12(16)20/h1-8H2. The predicted octanol–water partition coefficient (Wildman–Crippen LogP) is -1.00. The van der Waals surface area contributed by atoms with Crippen LogP contribution in [0.25, 0.3) is 0 Å². The van der Waals surface area contributed by atoms with Gasteiger partial charge in [-0.05, 0) is 0 Å². The van der Waals surface area contributed by atoms with Gasteiger partial charge in [-0.25, -0.2) is 9.59 Å². The molecule has 2 fully saturated rings. The first kappa shape index (κ1) is 18.5. The summed E-state index contributed by atoms with van der Waals surface area (Å²) < 4.78 is 5.03. The van der Waals surface area contributed by atoms with Gasteiger partial charge in [-0.15, -0.1) is 10.1 Å². The normalized spacial score (nSPS) is 17.4. The summed E-state index contributed by atoms with van der Waals surface area (Å²) in [6, 6.07) is 0. The van der Waals surface area contributed by atoms with Gasteiger partial charge in [-0.3, -0.25) is 19.2 Å². The van der Waals surface area contributed by atoms with Crippen LogP contribution in [0.4, 0.5) is 0 Å². The van der Waals surface area contributed by atoms with Gasteiger partial charge in [0.2, 0.25) is 0 Å². The largest absolute Gasteiger partial charge is 0.380 e. The van der Waals surface area contributed by atoms with Crippen molar-refractivity contribution in [3.05, 3.63) is 0 Å². The molecule has 2 aliphatic heterocycles. The zero-order valence-electron chi connectivity index (χ0n) is 13.2. The summed E-state index contributed by atoms with van der Waals surface area (Å²) >= 11 is 0. The van der Waals surface area contributed by atoms with Gasteiger partial charge in [0.25, 0.3) is 23.6 Å². The van der Waals surface area contributed by atoms with Gasteiger partial charge in [0.15, 0.2) is 0 Å². The Labute approximate surface area is 141 Å². The average Bonchev–Trinajstić information content (AvgIpc) is 3.04. The van der Waals surface area contributed by atoms with Crippen LogP contribution < -0.4 is 0 Å². The van der Waals surface area contributed by atoms with Crippen molar-refractivity contribution in [2.45, 2.75) is 38.5 Å². The predicted molar refractivity (Wildman–Crippen MR) is 74.4 cm³/mol. The number of carbonyl (C=O) groups excluding carboxylic acids is 6. The second-order valence-electron chi connectivity index (χ2n) is 5.20. The number of hydrogen-bond acceptors (Lipinski definition) is 9. The van der Waals surface area contributed by atoms with Gasteiger partial charge >= 0.3 is 11.9 Å². The lowest BCUT2D eigenvalue weighted by atomic mass is 10.4. The molecule has 11 nitrogen and oxygen atoms in total. The van der Waals surface area contributed by atoms with Gasteiger partial charge in [-0.1, -0.05) is 0 Å². The van der Waals surface area contributed by atoms with E-state index in [0.717, 1.165) is 0 Å². The number of hydroxylamine groups is 4. The van der Waals surface area contributed by atoms with E-state index in [9.17, 15) is 28.8 Å². The molecule has 0 aromatic carbocycles. The number of hydrogen-bond donors (Lipinski definition) is 0. The van der Waals surface area contributed by atoms with Crippen LogP contribution in [0, 0.1) is 0 Å². The molecular formula is C14H16N2O9. The summed E-state index contributed by atoms with van der Waals surface area (Å²) in [5, 5.41) is 0.869. The Morgan fingerprint density at radius 2 is 1.00 bits per heavy atom. The van der Waals surface area contributed by atoms with Crippen molar-refractivity contribution in [3.63, 3.8) is 0 Å². The van der Waals surface area contributed by atoms with Crippen molar-refractivity contribution < 1.29 is 43.2 Å². The molecule has 11 heteroatoms. The Balaban J connectivity index is 1.57. The summed E-state index contributed by atoms with van der Waals surface area (Å²) in [5.41, 5.74) is 0. The highest BCUT2D eigenvalue weighted by Crippen LogP contribution is 2.13. The van der Waals surface area contributed by atoms with E-state index in [0.29, 0.717) is 10.1 Å². The van der Waals surface area contributed by atoms with Crippen LogP contribution in [-0.4, -0.2) is 58.9 Å². The maximum absolute atomic E-state index is 11.5. The third-order valence-electron chi connectivity index (χ3n) is 3.30. The SMILES string of the molecule is O=C(CCOCCC(=O)ON1C(=O)CCC1=O)ON1C(=O)CCC1=O. The van der Waals surface area contributed by atoms with Crippen molar-refractivity contribution in [2.24, 2.45) is 0 Å². The Kier molecular flexibility index (Phi) is 6.17. The van der Waals surface area contributed by atoms with Gasteiger partial charge in [0.05, 0.1) is 26.1 Å². The number of nitrogens with zero attached hydrogens (tertiary/aromatic N) is 2. The van der Waals surface area contributed by atoms with Crippen LogP contribution in [0.3, 0.4) is 0 Å². The van der Waals surface area contributed by atoms with Crippen molar-refractivity contribution >= 4 is 35.6 Å². The van der Waals surface area contributed by atoms with Gasteiger partial charge in [0.1, 0.15) is 0 Å². The molecule has 2 rings (SSSR count). The van der Waals surface area contributed by atoms with E-state index < -0.39 is 35.6 Å². The second-order valence-corrected chi connectivity index (χ2v) is 5.20. The molecule has 25 heavy (non-hydrogen) atoms. The second kappa shape index (κ2) is 8.33. The molecule has 2 aliphatic rings. The summed E-state index contributed by atoms with van der Waals surface area (Å²) in [6.45, 7) is -0.214. The van der Waals surface area contributed by atoms with E-state index in [-0.39, 0.29) is 51.7 Å². The van der Waals surface area contributed by atoms with Crippen LogP contribution in [0.15, 0.2) is 0 Å². The molecule has 0 unspecified atom stereocenters. The summed E-state index contributed by atoms with van der Waals surface area (Å²) in [5.74, 6) is -3.94. The number of amides is 4. The van der Waals surface area contributed by atoms with E-state index in [1.54, 1.807) is 0 Å². The highest BCUT2D eigenvalue weighted by Gasteiger charge is 2.33. The molecule has 136 valence electrons. The topological polar surface area (TPSA) is 137 Å². The third kappa shape index (κ3) is 5.08. The zero-order chi connectivity index (χ0) is 18.4. The lowest BCUT2D eigenvalue weighted by Crippen LogP contribution is -2.32. The lowest BCUT2D eigenvalue weighted by Gasteiger charge is -2.13. The first-order valence-corrected chi connectivity index (χ1v) is 7.59. The van der Waals surface area contributed by atoms with Gasteiger partial charge in [0, 0.05) is 25.7 Å². The fourth-order valence-electron chi connectivity index (χ4n) is 2.02. The molecule has 0 aromatic rings. The lowest BCUT2D eigenvalue weighted by molar-refractivity contribution is -0.199. The number of carbonyl (C=O) groups is 6. The Bertz CT molecular complexity index is 531. The molecule has 2 heterocycles. The average molecular weight is 356 g/mol. The maximum Gasteiger partial charge on any atom is 0.335 e. The molecule has 0 aliphatic carbocycles. The summed E-state index contributed by atoms with van der Waals surface area (Å²) in [4.78, 5) is 77.2. The van der Waals surface area contributed by atoms with Crippen molar-refractivity contribution in [1.82, 2.24) is 10.1 Å². The minimum atomic E-state index is -0.820. The molecule has 0 atom stereocenters. The molecule has 0 spiro atoms. The van der Waals surface area contributed by atoms with Crippen molar-refractivity contribution in [2.75, 3.05) is 13.2 Å². The minimum absolute atomic E-state index is 0.00669. The van der Waals surface area contributed by atoms with Gasteiger partial charge in [-0.2, -0.15) is 0 Å². The molecule has 4 amide bonds. The molecule has 0 aromatic heterocycles. The first-order chi connectivity index (χ1) is 11.9. The molecule has 0 radical (unpaired) electrons. The van der Waals surface area contributed by atoms with Crippen LogP contribution in [0.5, 0.6) is 0 Å². The van der Waals surface area contributed by atoms with E-state index in [4.69, 9.17) is 4.74 Å². The Morgan fingerprint density at radius 1 is 0.680 bits per heavy atom. The fraction of sp³-hybridized carbons (Fsp3) is 0.571. The van der Waals surface area contributed by atoms with E-state index in [1.165, 1.54) is 0 Å². The molecule has 0 bridgehead atoms. The first-order valence-electron chi connectivity index (χ1n) is 7.59. The van der Waals surface area contributed by atoms with E-state index in [2.05, 4.69) is 9.68 Å². The maximum atomic E-state index is 11.5. The number of imide groups is 2. The number of ether oxygens (including phenoxy) is 1. The molecule has 2 saturated heterocycles. The fourth-order valence-corrected chi connectivity index (χ4v) is 2.02. The third-order valence-corrected chi connectivity index (χ3v) is 3.30. The summed E-state index contributed by atoms with van der Waals surface area (Å²) in [6.07, 6.45) is -0.427. The van der Waals surface area contributed by atoms with Crippen LogP contribution in [0.1, 0.15) is 38.5 Å². The smallest absolute Gasteiger partial charge is 0.335 e. The van der Waals surface area contributed by atoms with Crippen molar-refractivity contribution in [1.29, 1.82) is 0 Å². The Morgan fingerprint density at radius 3 is 1.32 bits per heavy atom. The Hall–Kier alpha value is -2.82.